The van der Waals surface area contributed by atoms with E-state index in [0.717, 1.165) is 16.7 Å². The molecule has 3 rings (SSSR count). The van der Waals surface area contributed by atoms with Crippen molar-refractivity contribution in [3.8, 4) is 0 Å². The zero-order chi connectivity index (χ0) is 21.0. The summed E-state index contributed by atoms with van der Waals surface area (Å²) in [4.78, 5) is 39.3. The summed E-state index contributed by atoms with van der Waals surface area (Å²) in [6.07, 6.45) is 0. The van der Waals surface area contributed by atoms with E-state index in [1.54, 1.807) is 38.1 Å². The summed E-state index contributed by atoms with van der Waals surface area (Å²) in [5, 5.41) is 11.9. The van der Waals surface area contributed by atoms with Gasteiger partial charge in [0.15, 0.2) is 11.3 Å². The minimum atomic E-state index is -1.80. The molecule has 2 aromatic rings. The Balaban J connectivity index is 0.00000320. The van der Waals surface area contributed by atoms with Crippen molar-refractivity contribution in [2.75, 3.05) is 6.54 Å². The number of ketones is 1. The molecule has 0 spiro atoms. The normalized spacial score (nSPS) is 23.0. The monoisotopic (exact) mass is 471 g/mol. The molecule has 0 amide bonds. The summed E-state index contributed by atoms with van der Waals surface area (Å²) in [6, 6.07) is 18.3. The van der Waals surface area contributed by atoms with Gasteiger partial charge < -0.3 is 7.96 Å². The number of aliphatic carboxylic acids is 1. The third kappa shape index (κ3) is 5.31. The Kier molecular flexibility index (Phi) is 9.46. The van der Waals surface area contributed by atoms with Gasteiger partial charge in [-0.15, -0.1) is 11.8 Å². The predicted octanol–water partition coefficient (Wildman–Crippen LogP) is 3.59. The Hall–Kier alpha value is -0.830. The minimum absolute atomic E-state index is 0. The van der Waals surface area contributed by atoms with Crippen LogP contribution in [0.5, 0.6) is 0 Å². The van der Waals surface area contributed by atoms with Crippen LogP contribution in [-0.2, 0) is 9.59 Å². The van der Waals surface area contributed by atoms with E-state index in [4.69, 9.17) is 0 Å². The number of Topliss-reactive ketones (excluding diaryl/α,β-unsaturated/α-hetero) is 1. The maximum Gasteiger partial charge on any atom is 2.00 e. The molecule has 1 aliphatic heterocycles. The Morgan fingerprint density at radius 1 is 1.07 bits per heavy atom. The van der Waals surface area contributed by atoms with Crippen molar-refractivity contribution in [1.29, 1.82) is 0 Å². The fourth-order valence-corrected chi connectivity index (χ4v) is 6.15. The van der Waals surface area contributed by atoms with Crippen LogP contribution in [0.4, 0.5) is 0 Å². The van der Waals surface area contributed by atoms with Crippen LogP contribution in [0.3, 0.4) is 0 Å². The minimum Gasteiger partial charge on any atom is -1.00 e. The molecule has 30 heavy (non-hydrogen) atoms. The van der Waals surface area contributed by atoms with Gasteiger partial charge in [0.05, 0.1) is 5.25 Å². The number of nitrogens with one attached hydrogen (secondary N) is 1. The number of hydrogen-bond donors (Lipinski definition) is 2. The quantitative estimate of drug-likeness (QED) is 0.472. The Labute approximate surface area is 217 Å². The van der Waals surface area contributed by atoms with E-state index >= 15 is 0 Å². The largest absolute Gasteiger partial charge is 2.00 e. The van der Waals surface area contributed by atoms with Crippen LogP contribution in [0.15, 0.2) is 65.6 Å². The Morgan fingerprint density at radius 3 is 2.17 bits per heavy atom. The first-order chi connectivity index (χ1) is 13.9. The summed E-state index contributed by atoms with van der Waals surface area (Å²) in [5.74, 6) is -2.11. The van der Waals surface area contributed by atoms with Crippen LogP contribution < -0.4 is 5.32 Å². The topological polar surface area (TPSA) is 83.5 Å². The summed E-state index contributed by atoms with van der Waals surface area (Å²) in [6.45, 7) is 3.70. The van der Waals surface area contributed by atoms with Gasteiger partial charge in [-0.2, -0.15) is 0 Å². The van der Waals surface area contributed by atoms with E-state index in [1.165, 1.54) is 11.8 Å². The second kappa shape index (κ2) is 11.2. The number of carboxylic acids is 1. The van der Waals surface area contributed by atoms with Crippen LogP contribution in [0.25, 0.3) is 0 Å². The van der Waals surface area contributed by atoms with Crippen LogP contribution in [0.1, 0.15) is 27.1 Å². The maximum absolute atomic E-state index is 13.1. The molecule has 0 aromatic heterocycles. The smallest absolute Gasteiger partial charge is 1.00 e. The van der Waals surface area contributed by atoms with Crippen LogP contribution in [0, 0.1) is 5.92 Å². The summed E-state index contributed by atoms with van der Waals surface area (Å²) in [7, 11) is 0. The number of carbonyl (C=O) groups excluding carboxylic acids is 2. The zero-order valence-corrected chi connectivity index (χ0v) is 20.7. The van der Waals surface area contributed by atoms with E-state index in [2.05, 4.69) is 5.32 Å². The van der Waals surface area contributed by atoms with Gasteiger partial charge in [-0.25, -0.2) is 4.79 Å². The molecule has 1 saturated heterocycles. The molecule has 1 heterocycles. The van der Waals surface area contributed by atoms with E-state index < -0.39 is 28.5 Å². The third-order valence-corrected chi connectivity index (χ3v) is 7.72. The van der Waals surface area contributed by atoms with Crippen molar-refractivity contribution in [3.05, 3.63) is 66.2 Å². The van der Waals surface area contributed by atoms with Gasteiger partial charge in [0.1, 0.15) is 0 Å². The standard InChI is InChI=1S/C22H23NO4S2.Ca.2H/c1-14(2)18(24)22(21(26)27)19(29-20(25)15-9-5-3-6-10-15)17(13-23-22)28-16-11-7-4-8-12-16;;;/h3-12,14,17,19,23H,13H2,1-2H3,(H,26,27);;;/q;+2;2*-1/t17-,19?,22-;;;/m0.../s1. The average Bonchev–Trinajstić information content (AvgIpc) is 3.07. The first-order valence-electron chi connectivity index (χ1n) is 9.36. The number of thioether (sulfide) groups is 2. The summed E-state index contributed by atoms with van der Waals surface area (Å²) in [5.41, 5.74) is -1.31. The summed E-state index contributed by atoms with van der Waals surface area (Å²) >= 11 is 2.44. The number of carbonyl (C=O) groups is 3. The fourth-order valence-electron chi connectivity index (χ4n) is 3.43. The van der Waals surface area contributed by atoms with Crippen molar-refractivity contribution in [2.45, 2.75) is 34.8 Å². The molecule has 3 atom stereocenters. The number of rotatable bonds is 7. The first kappa shape index (κ1) is 25.4. The van der Waals surface area contributed by atoms with Gasteiger partial charge in [0.2, 0.25) is 5.12 Å². The first-order valence-corrected chi connectivity index (χ1v) is 11.1. The second-order valence-electron chi connectivity index (χ2n) is 7.17. The Bertz CT molecular complexity index is 905. The summed E-state index contributed by atoms with van der Waals surface area (Å²) < 4.78 is 0. The second-order valence-corrected chi connectivity index (χ2v) is 9.60. The number of benzene rings is 2. The molecule has 0 radical (unpaired) electrons. The molecular weight excluding hydrogens is 446 g/mol. The van der Waals surface area contributed by atoms with Gasteiger partial charge in [0, 0.05) is 28.2 Å². The Morgan fingerprint density at radius 2 is 1.63 bits per heavy atom. The molecule has 2 aromatic carbocycles. The molecular formula is C22H25CaNO4S2. The van der Waals surface area contributed by atoms with Crippen molar-refractivity contribution in [2.24, 2.45) is 5.92 Å². The molecule has 5 nitrogen and oxygen atoms in total. The number of hydrogen-bond acceptors (Lipinski definition) is 6. The van der Waals surface area contributed by atoms with Crippen molar-refractivity contribution in [1.82, 2.24) is 5.32 Å². The van der Waals surface area contributed by atoms with Crippen LogP contribution >= 0.6 is 23.5 Å². The van der Waals surface area contributed by atoms with E-state index in [9.17, 15) is 19.5 Å². The SMILES string of the molecule is CC(C)C(=O)[C@]1(C(=O)O)NC[C@H](Sc2ccccc2)C1SC(=O)c1ccccc1.[Ca+2].[H-].[H-]. The number of carboxylic acid groups (broad SMARTS) is 1. The van der Waals surface area contributed by atoms with E-state index in [0.29, 0.717) is 12.1 Å². The van der Waals surface area contributed by atoms with Gasteiger partial charge in [-0.05, 0) is 12.1 Å². The van der Waals surface area contributed by atoms with Gasteiger partial charge >= 0.3 is 43.7 Å². The van der Waals surface area contributed by atoms with Gasteiger partial charge in [-0.1, -0.05) is 74.1 Å². The molecule has 0 saturated carbocycles. The van der Waals surface area contributed by atoms with Crippen molar-refractivity contribution < 1.29 is 22.3 Å². The maximum atomic E-state index is 13.1. The fraction of sp³-hybridized carbons (Fsp3) is 0.318. The van der Waals surface area contributed by atoms with E-state index in [1.807, 2.05) is 36.4 Å². The van der Waals surface area contributed by atoms with Crippen molar-refractivity contribution in [3.63, 3.8) is 0 Å². The molecule has 1 unspecified atom stereocenters. The molecule has 156 valence electrons. The zero-order valence-electron chi connectivity index (χ0n) is 18.9. The van der Waals surface area contributed by atoms with Crippen LogP contribution in [0.2, 0.25) is 0 Å². The molecule has 1 aliphatic rings. The molecule has 2 N–H and O–H groups in total. The molecule has 8 heteroatoms. The average molecular weight is 472 g/mol. The molecule has 0 bridgehead atoms. The predicted molar refractivity (Wildman–Crippen MR) is 124 cm³/mol. The van der Waals surface area contributed by atoms with E-state index in [-0.39, 0.29) is 51.0 Å². The molecule has 1 fully saturated rings. The van der Waals surface area contributed by atoms with Gasteiger partial charge in [-0.3, -0.25) is 14.9 Å². The van der Waals surface area contributed by atoms with Gasteiger partial charge in [0.25, 0.3) is 0 Å². The third-order valence-electron chi connectivity index (χ3n) is 4.87. The molecule has 0 aliphatic carbocycles. The van der Waals surface area contributed by atoms with Crippen molar-refractivity contribution >= 4 is 78.1 Å². The van der Waals surface area contributed by atoms with Crippen LogP contribution in [-0.4, -0.2) is 82.3 Å².